The maximum Gasteiger partial charge on any atom is 0.0408 e. The van der Waals surface area contributed by atoms with Crippen molar-refractivity contribution < 1.29 is 0 Å². The number of hydrogen-bond donors (Lipinski definition) is 0. The van der Waals surface area contributed by atoms with Gasteiger partial charge in [0.15, 0.2) is 0 Å². The van der Waals surface area contributed by atoms with E-state index in [0.29, 0.717) is 0 Å². The molecule has 0 aliphatic heterocycles. The van der Waals surface area contributed by atoms with Gasteiger partial charge in [0.05, 0.1) is 0 Å². The summed E-state index contributed by atoms with van der Waals surface area (Å²) in [5, 5.41) is 0. The highest BCUT2D eigenvalue weighted by atomic mass is 15.1. The Kier molecular flexibility index (Phi) is 9.38. The molecule has 0 aliphatic rings. The fourth-order valence-corrected chi connectivity index (χ4v) is 1.45. The Hall–Kier alpha value is -1.76. The zero-order chi connectivity index (χ0) is 13.8. The standard InChI is InChI=1S/C13H13N.2C2H6/c1-14(12-8-4-2-5-9-12)13-10-6-3-7-11-13;2*1-2/h2-11H,1H3;2*1-2H3. The number of nitrogens with zero attached hydrogens (tertiary/aromatic N) is 1. The minimum Gasteiger partial charge on any atom is -0.345 e. The summed E-state index contributed by atoms with van der Waals surface area (Å²) in [5.41, 5.74) is 2.41. The van der Waals surface area contributed by atoms with Crippen molar-refractivity contribution in [3.05, 3.63) is 60.7 Å². The molecular weight excluding hydrogens is 218 g/mol. The molecule has 0 fully saturated rings. The van der Waals surface area contributed by atoms with E-state index in [2.05, 4.69) is 60.5 Å². The van der Waals surface area contributed by atoms with Crippen LogP contribution >= 0.6 is 0 Å². The first-order chi connectivity index (χ1) is 8.88. The smallest absolute Gasteiger partial charge is 0.0408 e. The molecule has 0 N–H and O–H groups in total. The lowest BCUT2D eigenvalue weighted by atomic mass is 10.2. The van der Waals surface area contributed by atoms with Gasteiger partial charge < -0.3 is 4.90 Å². The highest BCUT2D eigenvalue weighted by molar-refractivity contribution is 5.61. The zero-order valence-electron chi connectivity index (χ0n) is 12.2. The molecule has 0 aromatic heterocycles. The van der Waals surface area contributed by atoms with Gasteiger partial charge >= 0.3 is 0 Å². The molecule has 0 saturated carbocycles. The number of anilines is 2. The molecule has 0 aliphatic carbocycles. The molecule has 0 radical (unpaired) electrons. The van der Waals surface area contributed by atoms with Crippen LogP contribution in [-0.2, 0) is 0 Å². The molecule has 0 unspecified atom stereocenters. The highest BCUT2D eigenvalue weighted by Crippen LogP contribution is 2.21. The largest absolute Gasteiger partial charge is 0.345 e. The molecule has 98 valence electrons. The third-order valence-corrected chi connectivity index (χ3v) is 2.29. The van der Waals surface area contributed by atoms with Crippen LogP contribution in [0.1, 0.15) is 27.7 Å². The lowest BCUT2D eigenvalue weighted by molar-refractivity contribution is 1.21. The molecule has 2 aromatic carbocycles. The van der Waals surface area contributed by atoms with Crippen molar-refractivity contribution in [2.75, 3.05) is 11.9 Å². The van der Waals surface area contributed by atoms with Gasteiger partial charge in [-0.1, -0.05) is 64.1 Å². The van der Waals surface area contributed by atoms with E-state index < -0.39 is 0 Å². The first-order valence-electron chi connectivity index (χ1n) is 6.72. The van der Waals surface area contributed by atoms with Crippen LogP contribution in [0.15, 0.2) is 60.7 Å². The molecule has 0 atom stereocenters. The van der Waals surface area contributed by atoms with Gasteiger partial charge in [0, 0.05) is 18.4 Å². The van der Waals surface area contributed by atoms with E-state index in [1.165, 1.54) is 11.4 Å². The van der Waals surface area contributed by atoms with Crippen LogP contribution in [0.2, 0.25) is 0 Å². The minimum absolute atomic E-state index is 1.21. The third-order valence-electron chi connectivity index (χ3n) is 2.29. The van der Waals surface area contributed by atoms with Crippen molar-refractivity contribution in [1.82, 2.24) is 0 Å². The summed E-state index contributed by atoms with van der Waals surface area (Å²) in [7, 11) is 2.07. The van der Waals surface area contributed by atoms with E-state index >= 15 is 0 Å². The number of para-hydroxylation sites is 2. The van der Waals surface area contributed by atoms with Crippen molar-refractivity contribution in [2.24, 2.45) is 0 Å². The first-order valence-corrected chi connectivity index (χ1v) is 6.72. The minimum atomic E-state index is 1.21. The van der Waals surface area contributed by atoms with E-state index in [0.717, 1.165) is 0 Å². The average molecular weight is 243 g/mol. The van der Waals surface area contributed by atoms with Crippen LogP contribution in [0.5, 0.6) is 0 Å². The summed E-state index contributed by atoms with van der Waals surface area (Å²) in [4.78, 5) is 2.17. The lowest BCUT2D eigenvalue weighted by Crippen LogP contribution is -2.08. The predicted molar refractivity (Wildman–Crippen MR) is 83.6 cm³/mol. The van der Waals surface area contributed by atoms with Crippen molar-refractivity contribution in [1.29, 1.82) is 0 Å². The number of benzene rings is 2. The normalized spacial score (nSPS) is 8.28. The zero-order valence-corrected chi connectivity index (χ0v) is 12.2. The first kappa shape index (κ1) is 16.2. The summed E-state index contributed by atoms with van der Waals surface area (Å²) in [5.74, 6) is 0. The topological polar surface area (TPSA) is 3.24 Å². The molecule has 0 bridgehead atoms. The van der Waals surface area contributed by atoms with E-state index in [9.17, 15) is 0 Å². The Balaban J connectivity index is 0.000000659. The van der Waals surface area contributed by atoms with Gasteiger partial charge in [-0.05, 0) is 24.3 Å². The van der Waals surface area contributed by atoms with Gasteiger partial charge in [-0.2, -0.15) is 0 Å². The summed E-state index contributed by atoms with van der Waals surface area (Å²) in [6, 6.07) is 20.7. The fraction of sp³-hybridized carbons (Fsp3) is 0.294. The molecule has 0 spiro atoms. The van der Waals surface area contributed by atoms with Gasteiger partial charge in [-0.3, -0.25) is 0 Å². The van der Waals surface area contributed by atoms with Crippen LogP contribution in [-0.4, -0.2) is 7.05 Å². The fourth-order valence-electron chi connectivity index (χ4n) is 1.45. The lowest BCUT2D eigenvalue weighted by Gasteiger charge is -2.18. The maximum absolute atomic E-state index is 2.17. The Labute approximate surface area is 112 Å². The van der Waals surface area contributed by atoms with Gasteiger partial charge in [0.1, 0.15) is 0 Å². The van der Waals surface area contributed by atoms with Crippen molar-refractivity contribution in [3.63, 3.8) is 0 Å². The molecule has 1 nitrogen and oxygen atoms in total. The Morgan fingerprint density at radius 2 is 0.833 bits per heavy atom. The van der Waals surface area contributed by atoms with E-state index in [4.69, 9.17) is 0 Å². The molecule has 2 rings (SSSR count). The van der Waals surface area contributed by atoms with Gasteiger partial charge in [0.25, 0.3) is 0 Å². The summed E-state index contributed by atoms with van der Waals surface area (Å²) < 4.78 is 0. The summed E-state index contributed by atoms with van der Waals surface area (Å²) in [6.07, 6.45) is 0. The Morgan fingerprint density at radius 3 is 1.11 bits per heavy atom. The maximum atomic E-state index is 2.17. The van der Waals surface area contributed by atoms with Crippen LogP contribution in [0, 0.1) is 0 Å². The van der Waals surface area contributed by atoms with Crippen molar-refractivity contribution >= 4 is 11.4 Å². The van der Waals surface area contributed by atoms with Crippen molar-refractivity contribution in [2.45, 2.75) is 27.7 Å². The van der Waals surface area contributed by atoms with E-state index in [1.54, 1.807) is 0 Å². The highest BCUT2D eigenvalue weighted by Gasteiger charge is 2.00. The number of hydrogen-bond acceptors (Lipinski definition) is 1. The molecule has 0 saturated heterocycles. The van der Waals surface area contributed by atoms with Crippen LogP contribution in [0.3, 0.4) is 0 Å². The Morgan fingerprint density at radius 1 is 0.556 bits per heavy atom. The third kappa shape index (κ3) is 5.05. The predicted octanol–water partition coefficient (Wildman–Crippen LogP) is 5.51. The van der Waals surface area contributed by atoms with Crippen LogP contribution in [0.4, 0.5) is 11.4 Å². The average Bonchev–Trinajstić information content (AvgIpc) is 2.52. The van der Waals surface area contributed by atoms with Crippen molar-refractivity contribution in [3.8, 4) is 0 Å². The number of rotatable bonds is 2. The summed E-state index contributed by atoms with van der Waals surface area (Å²) in [6.45, 7) is 8.00. The molecule has 2 aromatic rings. The van der Waals surface area contributed by atoms with E-state index in [-0.39, 0.29) is 0 Å². The van der Waals surface area contributed by atoms with Crippen LogP contribution < -0.4 is 4.90 Å². The summed E-state index contributed by atoms with van der Waals surface area (Å²) >= 11 is 0. The quantitative estimate of drug-likeness (QED) is 0.672. The van der Waals surface area contributed by atoms with Gasteiger partial charge in [0.2, 0.25) is 0 Å². The SMILES string of the molecule is CC.CC.CN(c1ccccc1)c1ccccc1. The van der Waals surface area contributed by atoms with Gasteiger partial charge in [-0.15, -0.1) is 0 Å². The second-order valence-corrected chi connectivity index (χ2v) is 3.23. The van der Waals surface area contributed by atoms with Crippen LogP contribution in [0.25, 0.3) is 0 Å². The molecule has 18 heavy (non-hydrogen) atoms. The molecular formula is C17H25N. The second-order valence-electron chi connectivity index (χ2n) is 3.23. The molecule has 0 amide bonds. The molecule has 0 heterocycles. The molecule has 1 heteroatoms. The Bertz CT molecular complexity index is 341. The van der Waals surface area contributed by atoms with Gasteiger partial charge in [-0.25, -0.2) is 0 Å². The van der Waals surface area contributed by atoms with E-state index in [1.807, 2.05) is 39.8 Å². The second kappa shape index (κ2) is 10.4. The monoisotopic (exact) mass is 243 g/mol.